The second-order valence-corrected chi connectivity index (χ2v) is 4.77. The lowest BCUT2D eigenvalue weighted by molar-refractivity contribution is 0.0944. The largest absolute Gasteiger partial charge is 0.392 e. The van der Waals surface area contributed by atoms with Gasteiger partial charge in [-0.05, 0) is 29.8 Å². The molecule has 1 aromatic carbocycles. The zero-order valence-corrected chi connectivity index (χ0v) is 12.1. The van der Waals surface area contributed by atoms with Gasteiger partial charge < -0.3 is 14.9 Å². The van der Waals surface area contributed by atoms with E-state index in [1.165, 1.54) is 12.3 Å². The number of carbonyl (C=O) groups is 1. The van der Waals surface area contributed by atoms with Gasteiger partial charge in [-0.15, -0.1) is 0 Å². The van der Waals surface area contributed by atoms with Gasteiger partial charge in [-0.2, -0.15) is 4.98 Å². The first-order chi connectivity index (χ1) is 11.3. The lowest BCUT2D eigenvalue weighted by Crippen LogP contribution is -2.24. The number of aliphatic hydroxyl groups is 1. The molecule has 7 heteroatoms. The summed E-state index contributed by atoms with van der Waals surface area (Å²) in [4.78, 5) is 20.2. The number of hydrogen-bond acceptors (Lipinski definition) is 6. The fraction of sp³-hybridized carbons (Fsp3) is 0.125. The number of nitrogens with one attached hydrogen (secondary N) is 1. The van der Waals surface area contributed by atoms with Crippen molar-refractivity contribution < 1.29 is 14.4 Å². The summed E-state index contributed by atoms with van der Waals surface area (Å²) in [6.45, 7) is -0.0196. The maximum atomic E-state index is 12.0. The number of benzene rings is 1. The van der Waals surface area contributed by atoms with Gasteiger partial charge in [-0.1, -0.05) is 23.4 Å². The number of nitrogens with zero attached hydrogens (tertiary/aromatic N) is 3. The molecule has 2 heterocycles. The molecule has 0 saturated heterocycles. The van der Waals surface area contributed by atoms with Crippen molar-refractivity contribution >= 4 is 5.91 Å². The predicted molar refractivity (Wildman–Crippen MR) is 81.1 cm³/mol. The third-order valence-corrected chi connectivity index (χ3v) is 3.14. The molecule has 0 unspecified atom stereocenters. The Morgan fingerprint density at radius 1 is 1.22 bits per heavy atom. The van der Waals surface area contributed by atoms with Gasteiger partial charge in [0.25, 0.3) is 11.8 Å². The lowest BCUT2D eigenvalue weighted by Gasteiger charge is -2.03. The predicted octanol–water partition coefficient (Wildman–Crippen LogP) is 1.55. The lowest BCUT2D eigenvalue weighted by atomic mass is 10.2. The van der Waals surface area contributed by atoms with Crippen LogP contribution in [0.4, 0.5) is 0 Å². The molecule has 116 valence electrons. The van der Waals surface area contributed by atoms with E-state index in [4.69, 9.17) is 9.63 Å². The topological polar surface area (TPSA) is 101 Å². The van der Waals surface area contributed by atoms with Gasteiger partial charge >= 0.3 is 0 Å². The summed E-state index contributed by atoms with van der Waals surface area (Å²) in [5.74, 6) is 0.400. The highest BCUT2D eigenvalue weighted by molar-refractivity contribution is 5.92. The average Bonchev–Trinajstić information content (AvgIpc) is 3.09. The molecule has 0 aliphatic heterocycles. The molecule has 3 rings (SSSR count). The number of amides is 1. The van der Waals surface area contributed by atoms with Crippen LogP contribution >= 0.6 is 0 Å². The SMILES string of the molecule is O=C(NCc1noc(-c2ccccc2)n1)c1cc(CO)ccn1. The highest BCUT2D eigenvalue weighted by Crippen LogP contribution is 2.15. The molecule has 7 nitrogen and oxygen atoms in total. The van der Waals surface area contributed by atoms with Crippen LogP contribution in [0.1, 0.15) is 21.9 Å². The molecule has 0 radical (unpaired) electrons. The molecule has 0 bridgehead atoms. The monoisotopic (exact) mass is 310 g/mol. The summed E-state index contributed by atoms with van der Waals surface area (Å²) in [5, 5.41) is 15.6. The van der Waals surface area contributed by atoms with E-state index in [-0.39, 0.29) is 24.8 Å². The van der Waals surface area contributed by atoms with E-state index in [9.17, 15) is 4.79 Å². The third kappa shape index (κ3) is 3.58. The standard InChI is InChI=1S/C16H14N4O3/c21-10-11-6-7-17-13(8-11)15(22)18-9-14-19-16(23-20-14)12-4-2-1-3-5-12/h1-8,21H,9-10H2,(H,18,22). The fourth-order valence-electron chi connectivity index (χ4n) is 1.97. The van der Waals surface area contributed by atoms with Crippen molar-refractivity contribution in [2.45, 2.75) is 13.2 Å². The summed E-state index contributed by atoms with van der Waals surface area (Å²) in [6.07, 6.45) is 1.47. The Bertz CT molecular complexity index is 802. The van der Waals surface area contributed by atoms with Crippen molar-refractivity contribution in [3.8, 4) is 11.5 Å². The van der Waals surface area contributed by atoms with Crippen LogP contribution in [0.15, 0.2) is 53.2 Å². The van der Waals surface area contributed by atoms with Crippen LogP contribution in [0.3, 0.4) is 0 Å². The van der Waals surface area contributed by atoms with Gasteiger partial charge in [-0.3, -0.25) is 9.78 Å². The summed E-state index contributed by atoms with van der Waals surface area (Å²) in [7, 11) is 0. The van der Waals surface area contributed by atoms with Crippen molar-refractivity contribution in [2.24, 2.45) is 0 Å². The Balaban J connectivity index is 1.64. The molecule has 0 saturated carbocycles. The maximum Gasteiger partial charge on any atom is 0.270 e. The summed E-state index contributed by atoms with van der Waals surface area (Å²) in [6, 6.07) is 12.5. The zero-order chi connectivity index (χ0) is 16.1. The minimum atomic E-state index is -0.369. The molecule has 0 aliphatic carbocycles. The quantitative estimate of drug-likeness (QED) is 0.741. The summed E-state index contributed by atoms with van der Waals surface area (Å²) in [5.41, 5.74) is 1.66. The Kier molecular flexibility index (Phi) is 4.39. The molecule has 0 aliphatic rings. The smallest absolute Gasteiger partial charge is 0.270 e. The first-order valence-electron chi connectivity index (χ1n) is 6.98. The number of carbonyl (C=O) groups excluding carboxylic acids is 1. The van der Waals surface area contributed by atoms with Crippen LogP contribution in [-0.2, 0) is 13.2 Å². The zero-order valence-electron chi connectivity index (χ0n) is 12.1. The highest BCUT2D eigenvalue weighted by atomic mass is 16.5. The second-order valence-electron chi connectivity index (χ2n) is 4.77. The average molecular weight is 310 g/mol. The first kappa shape index (κ1) is 14.9. The van der Waals surface area contributed by atoms with Crippen molar-refractivity contribution in [1.29, 1.82) is 0 Å². The number of rotatable bonds is 5. The molecule has 23 heavy (non-hydrogen) atoms. The van der Waals surface area contributed by atoms with Crippen LogP contribution in [0.2, 0.25) is 0 Å². The van der Waals surface area contributed by atoms with Crippen molar-refractivity contribution in [2.75, 3.05) is 0 Å². The van der Waals surface area contributed by atoms with Gasteiger partial charge in [0.2, 0.25) is 0 Å². The van der Waals surface area contributed by atoms with Crippen LogP contribution in [0.5, 0.6) is 0 Å². The van der Waals surface area contributed by atoms with Gasteiger partial charge in [0.05, 0.1) is 13.2 Å². The number of aliphatic hydroxyl groups excluding tert-OH is 1. The van der Waals surface area contributed by atoms with E-state index in [1.807, 2.05) is 30.3 Å². The maximum absolute atomic E-state index is 12.0. The molecular weight excluding hydrogens is 296 g/mol. The minimum absolute atomic E-state index is 0.125. The first-order valence-corrected chi connectivity index (χ1v) is 6.98. The third-order valence-electron chi connectivity index (χ3n) is 3.14. The van der Waals surface area contributed by atoms with Crippen molar-refractivity contribution in [1.82, 2.24) is 20.4 Å². The Morgan fingerprint density at radius 2 is 2.04 bits per heavy atom. The Hall–Kier alpha value is -3.06. The van der Waals surface area contributed by atoms with E-state index < -0.39 is 0 Å². The van der Waals surface area contributed by atoms with Crippen LogP contribution in [0, 0.1) is 0 Å². The van der Waals surface area contributed by atoms with Crippen LogP contribution in [-0.4, -0.2) is 26.1 Å². The van der Waals surface area contributed by atoms with Crippen LogP contribution in [0.25, 0.3) is 11.5 Å². The van der Waals surface area contributed by atoms with E-state index in [2.05, 4.69) is 20.4 Å². The summed E-state index contributed by atoms with van der Waals surface area (Å²) >= 11 is 0. The number of aromatic nitrogens is 3. The van der Waals surface area contributed by atoms with Gasteiger partial charge in [-0.25, -0.2) is 0 Å². The second kappa shape index (κ2) is 6.80. The minimum Gasteiger partial charge on any atom is -0.392 e. The van der Waals surface area contributed by atoms with E-state index in [1.54, 1.807) is 6.07 Å². The van der Waals surface area contributed by atoms with E-state index in [0.717, 1.165) is 5.56 Å². The molecule has 0 spiro atoms. The molecular formula is C16H14N4O3. The highest BCUT2D eigenvalue weighted by Gasteiger charge is 2.11. The number of hydrogen-bond donors (Lipinski definition) is 2. The molecule has 2 aromatic heterocycles. The van der Waals surface area contributed by atoms with Crippen molar-refractivity contribution in [3.05, 3.63) is 65.7 Å². The Labute approximate surface area is 132 Å². The molecule has 0 atom stereocenters. The van der Waals surface area contributed by atoms with Gasteiger partial charge in [0.1, 0.15) is 5.69 Å². The summed E-state index contributed by atoms with van der Waals surface area (Å²) < 4.78 is 5.16. The number of pyridine rings is 1. The van der Waals surface area contributed by atoms with E-state index >= 15 is 0 Å². The van der Waals surface area contributed by atoms with Crippen molar-refractivity contribution in [3.63, 3.8) is 0 Å². The molecule has 0 fully saturated rings. The van der Waals surface area contributed by atoms with Crippen LogP contribution < -0.4 is 5.32 Å². The van der Waals surface area contributed by atoms with E-state index in [0.29, 0.717) is 17.3 Å². The molecule has 1 amide bonds. The van der Waals surface area contributed by atoms with Gasteiger partial charge in [0.15, 0.2) is 5.82 Å². The fourth-order valence-corrected chi connectivity index (χ4v) is 1.97. The Morgan fingerprint density at radius 3 is 2.83 bits per heavy atom. The molecule has 2 N–H and O–H groups in total. The normalized spacial score (nSPS) is 10.5. The molecule has 3 aromatic rings. The van der Waals surface area contributed by atoms with Gasteiger partial charge in [0, 0.05) is 11.8 Å².